The zero-order valence-electron chi connectivity index (χ0n) is 11.7. The van der Waals surface area contributed by atoms with E-state index < -0.39 is 0 Å². The van der Waals surface area contributed by atoms with E-state index in [9.17, 15) is 9.59 Å². The highest BCUT2D eigenvalue weighted by molar-refractivity contribution is 5.97. The first-order chi connectivity index (χ1) is 9.54. The van der Waals surface area contributed by atoms with Crippen molar-refractivity contribution in [2.75, 3.05) is 30.3 Å². The number of anilines is 2. The molecule has 0 aliphatic carbocycles. The number of amides is 2. The average Bonchev–Trinajstić information content (AvgIpc) is 2.75. The zero-order chi connectivity index (χ0) is 14.5. The second-order valence-electron chi connectivity index (χ2n) is 5.17. The maximum absolute atomic E-state index is 11.9. The number of rotatable bonds is 4. The number of hydrogen-bond acceptors (Lipinski definition) is 6. The molecule has 1 aliphatic rings. The highest BCUT2D eigenvalue weighted by Crippen LogP contribution is 2.17. The molecule has 1 atom stereocenters. The van der Waals surface area contributed by atoms with Crippen molar-refractivity contribution >= 4 is 23.5 Å². The van der Waals surface area contributed by atoms with E-state index in [-0.39, 0.29) is 23.5 Å². The Morgan fingerprint density at radius 2 is 2.05 bits per heavy atom. The molecule has 0 aromatic carbocycles. The molecule has 2 amide bonds. The maximum Gasteiger partial charge on any atom is 0.239 e. The summed E-state index contributed by atoms with van der Waals surface area (Å²) < 4.78 is 4.51. The van der Waals surface area contributed by atoms with Crippen molar-refractivity contribution in [3.8, 4) is 0 Å². The number of nitrogens with one attached hydrogen (secondary N) is 2. The van der Waals surface area contributed by atoms with Gasteiger partial charge in [0.25, 0.3) is 0 Å². The Hall–Kier alpha value is -1.96. The van der Waals surface area contributed by atoms with Gasteiger partial charge >= 0.3 is 0 Å². The molecular formula is C12H19N5O3. The summed E-state index contributed by atoms with van der Waals surface area (Å²) in [6.45, 7) is 5.67. The lowest BCUT2D eigenvalue weighted by molar-refractivity contribution is -0.118. The summed E-state index contributed by atoms with van der Waals surface area (Å²) in [6, 6.07) is 0. The van der Waals surface area contributed by atoms with Gasteiger partial charge in [-0.3, -0.25) is 14.5 Å². The molecule has 1 unspecified atom stereocenters. The van der Waals surface area contributed by atoms with Crippen LogP contribution in [0.1, 0.15) is 26.7 Å². The molecule has 20 heavy (non-hydrogen) atoms. The fourth-order valence-electron chi connectivity index (χ4n) is 2.32. The van der Waals surface area contributed by atoms with Crippen LogP contribution in [0.5, 0.6) is 0 Å². The predicted octanol–water partition coefficient (Wildman–Crippen LogP) is 0.698. The molecule has 1 fully saturated rings. The van der Waals surface area contributed by atoms with E-state index in [0.29, 0.717) is 12.5 Å². The molecule has 8 heteroatoms. The lowest BCUT2D eigenvalue weighted by atomic mass is 10.0. The first-order valence-corrected chi connectivity index (χ1v) is 6.67. The van der Waals surface area contributed by atoms with Crippen molar-refractivity contribution in [3.05, 3.63) is 0 Å². The van der Waals surface area contributed by atoms with Crippen LogP contribution >= 0.6 is 0 Å². The Morgan fingerprint density at radius 1 is 1.35 bits per heavy atom. The van der Waals surface area contributed by atoms with Crippen LogP contribution < -0.4 is 10.6 Å². The van der Waals surface area contributed by atoms with Crippen molar-refractivity contribution < 1.29 is 14.2 Å². The lowest BCUT2D eigenvalue weighted by Gasteiger charge is -2.29. The second-order valence-corrected chi connectivity index (χ2v) is 5.17. The molecule has 0 radical (unpaired) electrons. The predicted molar refractivity (Wildman–Crippen MR) is 72.1 cm³/mol. The van der Waals surface area contributed by atoms with E-state index in [1.54, 1.807) is 0 Å². The summed E-state index contributed by atoms with van der Waals surface area (Å²) in [5.74, 6) is 0.371. The first kappa shape index (κ1) is 14.4. The first-order valence-electron chi connectivity index (χ1n) is 6.67. The van der Waals surface area contributed by atoms with E-state index in [0.717, 1.165) is 19.5 Å². The van der Waals surface area contributed by atoms with Crippen LogP contribution in [-0.4, -0.2) is 46.7 Å². The SMILES string of the molecule is CC(=O)Nc1nonc1NC(=O)CN1CCCC(C)C1. The smallest absolute Gasteiger partial charge is 0.239 e. The Labute approximate surface area is 116 Å². The third-order valence-corrected chi connectivity index (χ3v) is 3.15. The molecule has 2 rings (SSSR count). The molecule has 2 N–H and O–H groups in total. The number of aromatic nitrogens is 2. The molecule has 1 aromatic heterocycles. The van der Waals surface area contributed by atoms with Gasteiger partial charge in [-0.2, -0.15) is 0 Å². The number of hydrogen-bond donors (Lipinski definition) is 2. The van der Waals surface area contributed by atoms with Crippen molar-refractivity contribution in [2.24, 2.45) is 5.92 Å². The molecule has 1 aliphatic heterocycles. The molecule has 0 bridgehead atoms. The fraction of sp³-hybridized carbons (Fsp3) is 0.667. The Balaban J connectivity index is 1.88. The summed E-state index contributed by atoms with van der Waals surface area (Å²) >= 11 is 0. The van der Waals surface area contributed by atoms with Gasteiger partial charge in [0.15, 0.2) is 0 Å². The summed E-state index contributed by atoms with van der Waals surface area (Å²) in [7, 11) is 0. The third kappa shape index (κ3) is 4.02. The third-order valence-electron chi connectivity index (χ3n) is 3.15. The number of carbonyl (C=O) groups is 2. The van der Waals surface area contributed by atoms with Crippen LogP contribution in [0.4, 0.5) is 11.6 Å². The number of carbonyl (C=O) groups excluding carboxylic acids is 2. The zero-order valence-corrected chi connectivity index (χ0v) is 11.7. The van der Waals surface area contributed by atoms with E-state index in [4.69, 9.17) is 0 Å². The van der Waals surface area contributed by atoms with Gasteiger partial charge in [-0.25, -0.2) is 4.63 Å². The van der Waals surface area contributed by atoms with E-state index in [1.807, 2.05) is 0 Å². The molecule has 110 valence electrons. The molecule has 8 nitrogen and oxygen atoms in total. The summed E-state index contributed by atoms with van der Waals surface area (Å²) in [4.78, 5) is 25.0. The van der Waals surface area contributed by atoms with Crippen LogP contribution in [0.3, 0.4) is 0 Å². The van der Waals surface area contributed by atoms with Gasteiger partial charge < -0.3 is 10.6 Å². The molecule has 0 spiro atoms. The molecular weight excluding hydrogens is 262 g/mol. The lowest BCUT2D eigenvalue weighted by Crippen LogP contribution is -2.39. The topological polar surface area (TPSA) is 100 Å². The minimum atomic E-state index is -0.305. The summed E-state index contributed by atoms with van der Waals surface area (Å²) in [6.07, 6.45) is 2.31. The quantitative estimate of drug-likeness (QED) is 0.842. The average molecular weight is 281 g/mol. The molecule has 0 saturated carbocycles. The van der Waals surface area contributed by atoms with E-state index in [2.05, 4.69) is 37.4 Å². The van der Waals surface area contributed by atoms with E-state index in [1.165, 1.54) is 13.3 Å². The van der Waals surface area contributed by atoms with Gasteiger partial charge in [0.2, 0.25) is 23.5 Å². The van der Waals surface area contributed by atoms with Crippen molar-refractivity contribution in [2.45, 2.75) is 26.7 Å². The largest absolute Gasteiger partial charge is 0.305 e. The number of nitrogens with zero attached hydrogens (tertiary/aromatic N) is 3. The molecule has 1 saturated heterocycles. The highest BCUT2D eigenvalue weighted by atomic mass is 16.6. The Morgan fingerprint density at radius 3 is 2.70 bits per heavy atom. The van der Waals surface area contributed by atoms with Crippen LogP contribution in [0.15, 0.2) is 4.63 Å². The summed E-state index contributed by atoms with van der Waals surface area (Å²) in [5.41, 5.74) is 0. The molecule has 2 heterocycles. The van der Waals surface area contributed by atoms with Gasteiger partial charge in [0.1, 0.15) is 0 Å². The standard InChI is InChI=1S/C12H19N5O3/c1-8-4-3-5-17(6-8)7-10(19)14-12-11(13-9(2)18)15-20-16-12/h8H,3-7H2,1-2H3,(H,13,15,18)(H,14,16,19). The number of piperidine rings is 1. The minimum Gasteiger partial charge on any atom is -0.305 e. The highest BCUT2D eigenvalue weighted by Gasteiger charge is 2.20. The normalized spacial score (nSPS) is 19.6. The van der Waals surface area contributed by atoms with Crippen LogP contribution in [-0.2, 0) is 9.59 Å². The van der Waals surface area contributed by atoms with Crippen molar-refractivity contribution in [1.82, 2.24) is 15.2 Å². The Kier molecular flexibility index (Phi) is 4.67. The molecule has 1 aromatic rings. The van der Waals surface area contributed by atoms with Gasteiger partial charge in [0, 0.05) is 13.5 Å². The van der Waals surface area contributed by atoms with Crippen LogP contribution in [0.25, 0.3) is 0 Å². The van der Waals surface area contributed by atoms with Gasteiger partial charge in [0.05, 0.1) is 6.54 Å². The fourth-order valence-corrected chi connectivity index (χ4v) is 2.32. The van der Waals surface area contributed by atoms with E-state index >= 15 is 0 Å². The van der Waals surface area contributed by atoms with Gasteiger partial charge in [-0.15, -0.1) is 0 Å². The minimum absolute atomic E-state index is 0.123. The Bertz CT molecular complexity index is 487. The number of likely N-dealkylation sites (tertiary alicyclic amines) is 1. The van der Waals surface area contributed by atoms with Gasteiger partial charge in [-0.05, 0) is 35.6 Å². The van der Waals surface area contributed by atoms with Crippen molar-refractivity contribution in [1.29, 1.82) is 0 Å². The second kappa shape index (κ2) is 6.47. The van der Waals surface area contributed by atoms with Gasteiger partial charge in [-0.1, -0.05) is 6.92 Å². The summed E-state index contributed by atoms with van der Waals surface area (Å²) in [5, 5.41) is 12.1. The van der Waals surface area contributed by atoms with Crippen LogP contribution in [0.2, 0.25) is 0 Å². The monoisotopic (exact) mass is 281 g/mol. The van der Waals surface area contributed by atoms with Crippen molar-refractivity contribution in [3.63, 3.8) is 0 Å². The van der Waals surface area contributed by atoms with Crippen LogP contribution in [0, 0.1) is 5.92 Å². The maximum atomic E-state index is 11.9.